The first-order chi connectivity index (χ1) is 8.95. The van der Waals surface area contributed by atoms with Gasteiger partial charge in [-0.3, -0.25) is 4.79 Å². The molecule has 0 bridgehead atoms. The molecule has 0 aromatic carbocycles. The molecule has 0 aliphatic carbocycles. The van der Waals surface area contributed by atoms with Gasteiger partial charge in [-0.25, -0.2) is 4.98 Å². The normalized spacial score (nSPS) is 13.0. The van der Waals surface area contributed by atoms with Gasteiger partial charge in [0, 0.05) is 17.0 Å². The van der Waals surface area contributed by atoms with Gasteiger partial charge in [0.05, 0.1) is 18.0 Å². The molecule has 0 aliphatic rings. The van der Waals surface area contributed by atoms with Gasteiger partial charge in [0.15, 0.2) is 0 Å². The lowest BCUT2D eigenvalue weighted by atomic mass is 9.93. The van der Waals surface area contributed by atoms with Gasteiger partial charge < -0.3 is 4.74 Å². The molecule has 1 heterocycles. The van der Waals surface area contributed by atoms with Crippen molar-refractivity contribution in [2.75, 3.05) is 6.61 Å². The average Bonchev–Trinajstić information content (AvgIpc) is 2.82. The van der Waals surface area contributed by atoms with Crippen LogP contribution in [-0.2, 0) is 9.53 Å². The zero-order chi connectivity index (χ0) is 14.4. The van der Waals surface area contributed by atoms with Gasteiger partial charge in [0.25, 0.3) is 0 Å². The van der Waals surface area contributed by atoms with Crippen LogP contribution in [0.3, 0.4) is 0 Å². The Kier molecular flexibility index (Phi) is 6.49. The van der Waals surface area contributed by atoms with Gasteiger partial charge >= 0.3 is 5.97 Å². The van der Waals surface area contributed by atoms with Crippen LogP contribution < -0.4 is 0 Å². The first-order valence-corrected chi connectivity index (χ1v) is 7.88. The highest BCUT2D eigenvalue weighted by molar-refractivity contribution is 7.11. The number of carbonyl (C=O) groups excluding carboxylic acids is 1. The largest absolute Gasteiger partial charge is 0.466 e. The van der Waals surface area contributed by atoms with Gasteiger partial charge in [-0.15, -0.1) is 11.3 Å². The maximum Gasteiger partial charge on any atom is 0.306 e. The van der Waals surface area contributed by atoms with Crippen molar-refractivity contribution in [1.29, 1.82) is 0 Å². The van der Waals surface area contributed by atoms with E-state index in [1.165, 1.54) is 4.88 Å². The molecule has 1 aromatic rings. The second-order valence-electron chi connectivity index (χ2n) is 5.53. The van der Waals surface area contributed by atoms with Crippen LogP contribution in [-0.4, -0.2) is 17.6 Å². The molecule has 1 aromatic heterocycles. The number of carbonyl (C=O) groups is 1. The number of nitrogens with zero attached hydrogens (tertiary/aromatic N) is 1. The van der Waals surface area contributed by atoms with Crippen molar-refractivity contribution in [2.45, 2.75) is 59.3 Å². The minimum atomic E-state index is -0.109. The van der Waals surface area contributed by atoms with Gasteiger partial charge in [0.2, 0.25) is 0 Å². The molecule has 0 radical (unpaired) electrons. The predicted octanol–water partition coefficient (Wildman–Crippen LogP) is 4.35. The standard InChI is InChI=1S/C15H25NO2S/c1-6-7-18-14(17)8-12(10(2)3)15-16-9-13(19-15)11(4)5/h9-12H,6-8H2,1-5H3. The molecular weight excluding hydrogens is 258 g/mol. The third kappa shape index (κ3) is 4.94. The highest BCUT2D eigenvalue weighted by Gasteiger charge is 2.23. The third-order valence-electron chi connectivity index (χ3n) is 3.09. The van der Waals surface area contributed by atoms with E-state index in [2.05, 4.69) is 32.7 Å². The fourth-order valence-electron chi connectivity index (χ4n) is 1.80. The van der Waals surface area contributed by atoms with E-state index >= 15 is 0 Å². The van der Waals surface area contributed by atoms with Gasteiger partial charge in [-0.1, -0.05) is 34.6 Å². The molecule has 19 heavy (non-hydrogen) atoms. The Balaban J connectivity index is 2.73. The summed E-state index contributed by atoms with van der Waals surface area (Å²) in [5.74, 6) is 0.940. The van der Waals surface area contributed by atoms with E-state index in [1.807, 2.05) is 13.1 Å². The number of ether oxygens (including phenoxy) is 1. The van der Waals surface area contributed by atoms with E-state index in [4.69, 9.17) is 4.74 Å². The van der Waals surface area contributed by atoms with Crippen LogP contribution in [0.1, 0.15) is 69.2 Å². The number of esters is 1. The fourth-order valence-corrected chi connectivity index (χ4v) is 3.00. The first kappa shape index (κ1) is 16.2. The molecule has 108 valence electrons. The second-order valence-corrected chi connectivity index (χ2v) is 6.62. The zero-order valence-corrected chi connectivity index (χ0v) is 13.4. The number of aromatic nitrogens is 1. The lowest BCUT2D eigenvalue weighted by Gasteiger charge is -2.17. The van der Waals surface area contributed by atoms with Crippen molar-refractivity contribution >= 4 is 17.3 Å². The van der Waals surface area contributed by atoms with Crippen molar-refractivity contribution in [2.24, 2.45) is 5.92 Å². The molecular formula is C15H25NO2S. The average molecular weight is 283 g/mol. The topological polar surface area (TPSA) is 39.2 Å². The minimum Gasteiger partial charge on any atom is -0.466 e. The summed E-state index contributed by atoms with van der Waals surface area (Å²) in [6.45, 7) is 11.1. The summed E-state index contributed by atoms with van der Waals surface area (Å²) in [4.78, 5) is 17.6. The quantitative estimate of drug-likeness (QED) is 0.698. The molecule has 1 rings (SSSR count). The number of thiazole rings is 1. The molecule has 0 fully saturated rings. The summed E-state index contributed by atoms with van der Waals surface area (Å²) in [5.41, 5.74) is 0. The molecule has 1 atom stereocenters. The van der Waals surface area contributed by atoms with E-state index < -0.39 is 0 Å². The van der Waals surface area contributed by atoms with Crippen molar-refractivity contribution in [1.82, 2.24) is 4.98 Å². The fraction of sp³-hybridized carbons (Fsp3) is 0.733. The molecule has 0 N–H and O–H groups in total. The maximum atomic E-state index is 11.8. The third-order valence-corrected chi connectivity index (χ3v) is 4.52. The molecule has 0 saturated carbocycles. The lowest BCUT2D eigenvalue weighted by molar-refractivity contribution is -0.144. The number of rotatable bonds is 7. The predicted molar refractivity (Wildman–Crippen MR) is 79.6 cm³/mol. The van der Waals surface area contributed by atoms with E-state index in [1.54, 1.807) is 11.3 Å². The Morgan fingerprint density at radius 1 is 1.37 bits per heavy atom. The van der Waals surface area contributed by atoms with E-state index in [9.17, 15) is 4.79 Å². The molecule has 4 heteroatoms. The van der Waals surface area contributed by atoms with Crippen LogP contribution >= 0.6 is 11.3 Å². The molecule has 1 unspecified atom stereocenters. The highest BCUT2D eigenvalue weighted by Crippen LogP contribution is 2.33. The van der Waals surface area contributed by atoms with Crippen molar-refractivity contribution in [3.8, 4) is 0 Å². The van der Waals surface area contributed by atoms with E-state index in [0.29, 0.717) is 24.9 Å². The molecule has 3 nitrogen and oxygen atoms in total. The van der Waals surface area contributed by atoms with Crippen LogP contribution in [0.2, 0.25) is 0 Å². The summed E-state index contributed by atoms with van der Waals surface area (Å²) >= 11 is 1.72. The van der Waals surface area contributed by atoms with Gasteiger partial charge in [0.1, 0.15) is 0 Å². The SMILES string of the molecule is CCCOC(=O)CC(c1ncc(C(C)C)s1)C(C)C. The lowest BCUT2D eigenvalue weighted by Crippen LogP contribution is -2.15. The second kappa shape index (κ2) is 7.63. The summed E-state index contributed by atoms with van der Waals surface area (Å²) in [6, 6.07) is 0. The van der Waals surface area contributed by atoms with Crippen LogP contribution in [0.25, 0.3) is 0 Å². The summed E-state index contributed by atoms with van der Waals surface area (Å²) in [5, 5.41) is 1.06. The van der Waals surface area contributed by atoms with Gasteiger partial charge in [-0.05, 0) is 18.3 Å². The smallest absolute Gasteiger partial charge is 0.306 e. The van der Waals surface area contributed by atoms with E-state index in [0.717, 1.165) is 11.4 Å². The van der Waals surface area contributed by atoms with Crippen LogP contribution in [0, 0.1) is 5.92 Å². The Labute approximate surface area is 120 Å². The monoisotopic (exact) mass is 283 g/mol. The van der Waals surface area contributed by atoms with Gasteiger partial charge in [-0.2, -0.15) is 0 Å². The zero-order valence-electron chi connectivity index (χ0n) is 12.6. The van der Waals surface area contributed by atoms with Crippen LogP contribution in [0.4, 0.5) is 0 Å². The molecule has 0 aliphatic heterocycles. The number of hydrogen-bond donors (Lipinski definition) is 0. The first-order valence-electron chi connectivity index (χ1n) is 7.06. The maximum absolute atomic E-state index is 11.8. The van der Waals surface area contributed by atoms with Crippen LogP contribution in [0.5, 0.6) is 0 Å². The van der Waals surface area contributed by atoms with Crippen molar-refractivity contribution in [3.05, 3.63) is 16.1 Å². The molecule has 0 saturated heterocycles. The Morgan fingerprint density at radius 3 is 2.53 bits per heavy atom. The Hall–Kier alpha value is -0.900. The summed E-state index contributed by atoms with van der Waals surface area (Å²) in [7, 11) is 0. The van der Waals surface area contributed by atoms with Crippen molar-refractivity contribution in [3.63, 3.8) is 0 Å². The van der Waals surface area contributed by atoms with Crippen LogP contribution in [0.15, 0.2) is 6.20 Å². The molecule has 0 amide bonds. The molecule has 0 spiro atoms. The summed E-state index contributed by atoms with van der Waals surface area (Å²) in [6.07, 6.45) is 3.24. The Bertz CT molecular complexity index is 399. The Morgan fingerprint density at radius 2 is 2.05 bits per heavy atom. The summed E-state index contributed by atoms with van der Waals surface area (Å²) < 4.78 is 5.19. The number of hydrogen-bond acceptors (Lipinski definition) is 4. The highest BCUT2D eigenvalue weighted by atomic mass is 32.1. The minimum absolute atomic E-state index is 0.109. The van der Waals surface area contributed by atoms with Crippen molar-refractivity contribution < 1.29 is 9.53 Å². The van der Waals surface area contributed by atoms with E-state index in [-0.39, 0.29) is 11.9 Å².